The lowest BCUT2D eigenvalue weighted by Gasteiger charge is -2.12. The molecule has 0 spiro atoms. The third-order valence-corrected chi connectivity index (χ3v) is 3.89. The number of benzene rings is 2. The van der Waals surface area contributed by atoms with Crippen molar-refractivity contribution in [2.45, 2.75) is 6.54 Å². The lowest BCUT2D eigenvalue weighted by molar-refractivity contribution is 0.416. The average molecular weight is 326 g/mol. The number of aromatic nitrogens is 1. The van der Waals surface area contributed by atoms with E-state index in [9.17, 15) is 4.79 Å². The Morgan fingerprint density at radius 2 is 1.91 bits per heavy atom. The van der Waals surface area contributed by atoms with E-state index in [0.29, 0.717) is 11.6 Å². The molecule has 3 rings (SSSR count). The van der Waals surface area contributed by atoms with Gasteiger partial charge in [0.15, 0.2) is 0 Å². The van der Waals surface area contributed by atoms with E-state index in [-0.39, 0.29) is 5.56 Å². The van der Waals surface area contributed by atoms with Crippen LogP contribution in [-0.4, -0.2) is 11.7 Å². The predicted octanol–water partition coefficient (Wildman–Crippen LogP) is 4.23. The second kappa shape index (κ2) is 6.71. The molecule has 0 unspecified atom stereocenters. The summed E-state index contributed by atoms with van der Waals surface area (Å²) in [6, 6.07) is 18.7. The highest BCUT2D eigenvalue weighted by atomic mass is 35.5. The predicted molar refractivity (Wildman–Crippen MR) is 93.2 cm³/mol. The zero-order chi connectivity index (χ0) is 16.2. The van der Waals surface area contributed by atoms with Crippen LogP contribution in [-0.2, 0) is 6.54 Å². The summed E-state index contributed by atoms with van der Waals surface area (Å²) in [6.45, 7) is 0.511. The summed E-state index contributed by atoms with van der Waals surface area (Å²) >= 11 is 6.09. The van der Waals surface area contributed by atoms with Crippen LogP contribution in [0.1, 0.15) is 5.56 Å². The topological polar surface area (TPSA) is 31.2 Å². The molecule has 0 atom stereocenters. The molecular weight excluding hydrogens is 310 g/mol. The molecule has 3 nitrogen and oxygen atoms in total. The number of ether oxygens (including phenoxy) is 1. The summed E-state index contributed by atoms with van der Waals surface area (Å²) in [7, 11) is 1.64. The number of hydrogen-bond acceptors (Lipinski definition) is 2. The summed E-state index contributed by atoms with van der Waals surface area (Å²) in [5.41, 5.74) is 2.94. The minimum atomic E-state index is -0.0207. The molecule has 0 saturated carbocycles. The first kappa shape index (κ1) is 15.4. The fourth-order valence-electron chi connectivity index (χ4n) is 2.52. The molecule has 2 aromatic carbocycles. The highest BCUT2D eigenvalue weighted by Crippen LogP contribution is 2.32. The van der Waals surface area contributed by atoms with Crippen LogP contribution in [0.25, 0.3) is 11.1 Å². The van der Waals surface area contributed by atoms with Crippen molar-refractivity contribution in [2.24, 2.45) is 0 Å². The van der Waals surface area contributed by atoms with E-state index in [4.69, 9.17) is 16.3 Å². The van der Waals surface area contributed by atoms with E-state index in [0.717, 1.165) is 22.4 Å². The lowest BCUT2D eigenvalue weighted by Crippen LogP contribution is -2.18. The second-order valence-electron chi connectivity index (χ2n) is 5.21. The molecule has 0 bridgehead atoms. The molecule has 0 fully saturated rings. The van der Waals surface area contributed by atoms with Gasteiger partial charge in [0.1, 0.15) is 5.75 Å². The van der Waals surface area contributed by atoms with Crippen LogP contribution < -0.4 is 10.3 Å². The van der Waals surface area contributed by atoms with Crippen LogP contribution in [0.15, 0.2) is 71.7 Å². The summed E-state index contributed by atoms with van der Waals surface area (Å²) < 4.78 is 7.13. The van der Waals surface area contributed by atoms with E-state index in [1.807, 2.05) is 48.5 Å². The van der Waals surface area contributed by atoms with Gasteiger partial charge in [-0.1, -0.05) is 35.9 Å². The molecule has 1 aromatic heterocycles. The Morgan fingerprint density at radius 3 is 2.65 bits per heavy atom. The molecule has 0 aliphatic rings. The van der Waals surface area contributed by atoms with Gasteiger partial charge in [-0.25, -0.2) is 0 Å². The normalized spacial score (nSPS) is 10.5. The van der Waals surface area contributed by atoms with Crippen LogP contribution in [0.4, 0.5) is 0 Å². The van der Waals surface area contributed by atoms with Gasteiger partial charge in [0.2, 0.25) is 0 Å². The molecule has 0 aliphatic carbocycles. The summed E-state index contributed by atoms with van der Waals surface area (Å²) in [6.07, 6.45) is 1.78. The standard InChI is InChI=1S/C19H16ClNO2/c1-23-18-9-8-14(13-21-10-3-2-7-19(21)22)11-17(18)15-5-4-6-16(20)12-15/h2-12H,13H2,1H3. The maximum Gasteiger partial charge on any atom is 0.250 e. The first-order valence-electron chi connectivity index (χ1n) is 7.26. The van der Waals surface area contributed by atoms with Crippen molar-refractivity contribution in [1.29, 1.82) is 0 Å². The van der Waals surface area contributed by atoms with Gasteiger partial charge in [-0.2, -0.15) is 0 Å². The SMILES string of the molecule is COc1ccc(Cn2ccccc2=O)cc1-c1cccc(Cl)c1. The Bertz CT molecular complexity index is 886. The summed E-state index contributed by atoms with van der Waals surface area (Å²) in [5, 5.41) is 0.675. The smallest absolute Gasteiger partial charge is 0.250 e. The monoisotopic (exact) mass is 325 g/mol. The Labute approximate surface area is 139 Å². The molecule has 0 N–H and O–H groups in total. The number of hydrogen-bond donors (Lipinski definition) is 0. The van der Waals surface area contributed by atoms with Gasteiger partial charge in [-0.15, -0.1) is 0 Å². The van der Waals surface area contributed by atoms with Gasteiger partial charge in [0, 0.05) is 22.8 Å². The molecule has 116 valence electrons. The quantitative estimate of drug-likeness (QED) is 0.719. The number of halogens is 1. The van der Waals surface area contributed by atoms with Crippen molar-refractivity contribution in [3.63, 3.8) is 0 Å². The molecule has 0 amide bonds. The zero-order valence-electron chi connectivity index (χ0n) is 12.7. The molecule has 0 saturated heterocycles. The minimum absolute atomic E-state index is 0.0207. The van der Waals surface area contributed by atoms with Crippen LogP contribution in [0.3, 0.4) is 0 Å². The lowest BCUT2D eigenvalue weighted by atomic mass is 10.0. The average Bonchev–Trinajstić information content (AvgIpc) is 2.57. The largest absolute Gasteiger partial charge is 0.496 e. The van der Waals surface area contributed by atoms with Crippen molar-refractivity contribution >= 4 is 11.6 Å². The summed E-state index contributed by atoms with van der Waals surface area (Å²) in [4.78, 5) is 11.9. The van der Waals surface area contributed by atoms with Gasteiger partial charge in [-0.3, -0.25) is 4.79 Å². The van der Waals surface area contributed by atoms with Crippen LogP contribution in [0.5, 0.6) is 5.75 Å². The molecule has 0 radical (unpaired) electrons. The number of rotatable bonds is 4. The maximum absolute atomic E-state index is 11.9. The van der Waals surface area contributed by atoms with Crippen molar-refractivity contribution in [3.8, 4) is 16.9 Å². The van der Waals surface area contributed by atoms with Crippen LogP contribution in [0.2, 0.25) is 5.02 Å². The first-order valence-corrected chi connectivity index (χ1v) is 7.63. The second-order valence-corrected chi connectivity index (χ2v) is 5.65. The van der Waals surface area contributed by atoms with Gasteiger partial charge in [-0.05, 0) is 41.5 Å². The van der Waals surface area contributed by atoms with E-state index < -0.39 is 0 Å². The van der Waals surface area contributed by atoms with E-state index in [1.54, 1.807) is 30.0 Å². The van der Waals surface area contributed by atoms with E-state index >= 15 is 0 Å². The molecular formula is C19H16ClNO2. The van der Waals surface area contributed by atoms with Crippen molar-refractivity contribution < 1.29 is 4.74 Å². The van der Waals surface area contributed by atoms with Gasteiger partial charge in [0.25, 0.3) is 5.56 Å². The summed E-state index contributed by atoms with van der Waals surface area (Å²) in [5.74, 6) is 0.774. The number of pyridine rings is 1. The molecule has 0 aliphatic heterocycles. The molecule has 3 aromatic rings. The number of methoxy groups -OCH3 is 1. The molecule has 4 heteroatoms. The Hall–Kier alpha value is -2.52. The zero-order valence-corrected chi connectivity index (χ0v) is 13.5. The Morgan fingerprint density at radius 1 is 1.04 bits per heavy atom. The van der Waals surface area contributed by atoms with Crippen molar-refractivity contribution in [3.05, 3.63) is 87.8 Å². The highest BCUT2D eigenvalue weighted by Gasteiger charge is 2.08. The molecule has 23 heavy (non-hydrogen) atoms. The maximum atomic E-state index is 11.9. The van der Waals surface area contributed by atoms with Crippen LogP contribution >= 0.6 is 11.6 Å². The van der Waals surface area contributed by atoms with Crippen molar-refractivity contribution in [2.75, 3.05) is 7.11 Å². The third-order valence-electron chi connectivity index (χ3n) is 3.65. The first-order chi connectivity index (χ1) is 11.2. The van der Waals surface area contributed by atoms with Gasteiger partial charge >= 0.3 is 0 Å². The van der Waals surface area contributed by atoms with Gasteiger partial charge < -0.3 is 9.30 Å². The Balaban J connectivity index is 2.03. The Kier molecular flexibility index (Phi) is 4.49. The molecule has 1 heterocycles. The fourth-order valence-corrected chi connectivity index (χ4v) is 2.71. The highest BCUT2D eigenvalue weighted by molar-refractivity contribution is 6.30. The van der Waals surface area contributed by atoms with E-state index in [1.165, 1.54) is 0 Å². The van der Waals surface area contributed by atoms with E-state index in [2.05, 4.69) is 0 Å². The minimum Gasteiger partial charge on any atom is -0.496 e. The fraction of sp³-hybridized carbons (Fsp3) is 0.105. The van der Waals surface area contributed by atoms with Crippen molar-refractivity contribution in [1.82, 2.24) is 4.57 Å². The third kappa shape index (κ3) is 3.46. The number of nitrogens with zero attached hydrogens (tertiary/aromatic N) is 1. The van der Waals surface area contributed by atoms with Gasteiger partial charge in [0.05, 0.1) is 13.7 Å². The van der Waals surface area contributed by atoms with Crippen LogP contribution in [0, 0.1) is 0 Å².